The molecular weight excluding hydrogens is 313 g/mol. The molecule has 0 heterocycles. The van der Waals surface area contributed by atoms with Crippen molar-refractivity contribution < 1.29 is 42.2 Å². The molecule has 1 atom stereocenters. The largest absolute Gasteiger partial charge is 3.00 e. The van der Waals surface area contributed by atoms with Crippen LogP contribution in [0.1, 0.15) is 0 Å². The number of rotatable bonds is 0. The predicted octanol–water partition coefficient (Wildman–Crippen LogP) is -9.34. The third-order valence-electron chi connectivity index (χ3n) is 0. The molecule has 0 radical (unpaired) electrons. The molecule has 0 aromatic carbocycles. The van der Waals surface area contributed by atoms with E-state index in [0.717, 1.165) is 0 Å². The first kappa shape index (κ1) is 36.2. The predicted molar refractivity (Wildman–Crippen MR) is 41.9 cm³/mol. The Morgan fingerprint density at radius 3 is 0.533 bits per heavy atom. The summed E-state index contributed by atoms with van der Waals surface area (Å²) in [6, 6.07) is 0. The topological polar surface area (TPSA) is 190 Å². The van der Waals surface area contributed by atoms with E-state index in [9.17, 15) is 0 Å². The van der Waals surface area contributed by atoms with Gasteiger partial charge in [-0.2, -0.15) is 9.90 Å². The van der Waals surface area contributed by atoms with Crippen molar-refractivity contribution in [1.82, 2.24) is 0 Å². The Labute approximate surface area is 114 Å². The van der Waals surface area contributed by atoms with Gasteiger partial charge in [0, 0.05) is 27.5 Å². The summed E-state index contributed by atoms with van der Waals surface area (Å²) >= 11 is 0. The van der Waals surface area contributed by atoms with E-state index in [1.54, 1.807) is 0 Å². The minimum absolute atomic E-state index is 0. The Bertz CT molecular complexity index is 121. The van der Waals surface area contributed by atoms with Crippen molar-refractivity contribution in [3.63, 3.8) is 0 Å². The quantitative estimate of drug-likeness (QED) is 0.308. The molecule has 9 nitrogen and oxygen atoms in total. The van der Waals surface area contributed by atoms with Gasteiger partial charge in [0.15, 0.2) is 0 Å². The molecule has 0 aromatic rings. The summed E-state index contributed by atoms with van der Waals surface area (Å²) in [5.74, 6) is 0. The van der Waals surface area contributed by atoms with Gasteiger partial charge in [-0.1, -0.05) is 0 Å². The average molecular weight is 316 g/mol. The third-order valence-corrected chi connectivity index (χ3v) is 0. The molecule has 0 aromatic heterocycles. The van der Waals surface area contributed by atoms with Gasteiger partial charge in [-0.05, 0) is 0 Å². The molecule has 0 saturated heterocycles. The summed E-state index contributed by atoms with van der Waals surface area (Å²) in [6.07, 6.45) is 0. The summed E-state index contributed by atoms with van der Waals surface area (Å²) in [5, 5.41) is 0. The molecule has 0 aliphatic rings. The second-order valence-electron chi connectivity index (χ2n) is 0.750. The van der Waals surface area contributed by atoms with Crippen LogP contribution in [0.15, 0.2) is 0 Å². The van der Waals surface area contributed by atoms with E-state index in [1.807, 2.05) is 0 Å². The maximum Gasteiger partial charge on any atom is 3.00 e. The molecule has 15 heavy (non-hydrogen) atoms. The summed E-state index contributed by atoms with van der Waals surface area (Å²) in [6.45, 7) is 0. The van der Waals surface area contributed by atoms with Crippen molar-refractivity contribution in [2.75, 3.05) is 0 Å². The van der Waals surface area contributed by atoms with Crippen LogP contribution in [0.3, 0.4) is 0 Å². The van der Waals surface area contributed by atoms with Gasteiger partial charge < -0.3 is 42.2 Å². The maximum absolute atomic E-state index is 8.52. The average Bonchev–Trinajstić information content (AvgIpc) is 1.54. The smallest absolute Gasteiger partial charge is 0.672 e. The van der Waals surface area contributed by atoms with E-state index < -0.39 is 27.5 Å². The Morgan fingerprint density at radius 2 is 0.533 bits per heavy atom. The summed E-state index contributed by atoms with van der Waals surface area (Å²) in [7, 11) is -10.9. The first-order valence-electron chi connectivity index (χ1n) is 1.84. The van der Waals surface area contributed by atoms with Crippen molar-refractivity contribution in [1.29, 1.82) is 0 Å². The van der Waals surface area contributed by atoms with Crippen molar-refractivity contribution in [3.05, 3.63) is 0 Å². The summed E-state index contributed by atoms with van der Waals surface area (Å²) in [5.41, 5.74) is 0. The van der Waals surface area contributed by atoms with Gasteiger partial charge >= 0.3 is 34.7 Å². The first-order valence-corrected chi connectivity index (χ1v) is 5.51. The second-order valence-corrected chi connectivity index (χ2v) is 2.25. The first-order chi connectivity index (χ1) is 5.20. The Balaban J connectivity index is -0.0000000184. The van der Waals surface area contributed by atoms with Crippen molar-refractivity contribution in [3.8, 4) is 0 Å². The number of hydrogen-bond donors (Lipinski definition) is 0. The monoisotopic (exact) mass is 316 g/mol. The fraction of sp³-hybridized carbons (Fsp3) is 0. The Hall–Kier alpha value is 0.346. The minimum atomic E-state index is -3.63. The SMILES string of the molecule is O=[Si]([O-])[O-].O=[Si]([O-])[O-].O=[Si]([O-])[O-].P.[Al+3].[Al+3]. The zero-order valence-electron chi connectivity index (χ0n) is 7.04. The standard InChI is InChI=1S/2Al.3O3Si.H3P/c;;3*1-4(2)3;/h;;;;;1H3/q2*+3;3*-2;. The van der Waals surface area contributed by atoms with Crippen molar-refractivity contribution in [2.24, 2.45) is 0 Å². The zero-order valence-corrected chi connectivity index (χ0v) is 13.8. The van der Waals surface area contributed by atoms with E-state index in [0.29, 0.717) is 0 Å². The van der Waals surface area contributed by atoms with E-state index in [1.165, 1.54) is 0 Å². The van der Waals surface area contributed by atoms with Crippen LogP contribution in [0, 0.1) is 0 Å². The maximum atomic E-state index is 8.52. The third kappa shape index (κ3) is 18300. The van der Waals surface area contributed by atoms with E-state index >= 15 is 0 Å². The van der Waals surface area contributed by atoms with Crippen LogP contribution in [-0.2, 0) is 13.4 Å². The van der Waals surface area contributed by atoms with Crippen LogP contribution < -0.4 is 28.8 Å². The van der Waals surface area contributed by atoms with Gasteiger partial charge in [0.1, 0.15) is 0 Å². The molecule has 1 unspecified atom stereocenters. The van der Waals surface area contributed by atoms with E-state index in [2.05, 4.69) is 0 Å². The van der Waals surface area contributed by atoms with Gasteiger partial charge in [0.2, 0.25) is 0 Å². The molecule has 15 heteroatoms. The van der Waals surface area contributed by atoms with Gasteiger partial charge in [0.05, 0.1) is 0 Å². The molecule has 0 N–H and O–H groups in total. The Kier molecular flexibility index (Phi) is 70.5. The summed E-state index contributed by atoms with van der Waals surface area (Å²) < 4.78 is 25.6. The van der Waals surface area contributed by atoms with Crippen LogP contribution in [0.5, 0.6) is 0 Å². The van der Waals surface area contributed by atoms with E-state index in [4.69, 9.17) is 42.2 Å². The van der Waals surface area contributed by atoms with Crippen molar-refractivity contribution in [2.45, 2.75) is 0 Å². The fourth-order valence-corrected chi connectivity index (χ4v) is 0. The van der Waals surface area contributed by atoms with Crippen LogP contribution in [0.25, 0.3) is 0 Å². The molecule has 0 fully saturated rings. The normalized spacial score (nSPS) is 4.80. The van der Waals surface area contributed by atoms with Crippen LogP contribution >= 0.6 is 9.90 Å². The van der Waals surface area contributed by atoms with Crippen molar-refractivity contribution >= 4 is 72.1 Å². The van der Waals surface area contributed by atoms with Crippen LogP contribution in [0.4, 0.5) is 0 Å². The molecule has 80 valence electrons. The Morgan fingerprint density at radius 1 is 0.533 bits per heavy atom. The molecule has 0 aliphatic heterocycles. The molecule has 0 bridgehead atoms. The van der Waals surface area contributed by atoms with Crippen LogP contribution in [-0.4, -0.2) is 62.2 Å². The van der Waals surface area contributed by atoms with Gasteiger partial charge in [0.25, 0.3) is 0 Å². The van der Waals surface area contributed by atoms with Gasteiger partial charge in [-0.15, -0.1) is 0 Å². The molecule has 0 saturated carbocycles. The fourth-order valence-electron chi connectivity index (χ4n) is 0. The van der Waals surface area contributed by atoms with Crippen LogP contribution in [0.2, 0.25) is 0 Å². The molecule has 0 spiro atoms. The van der Waals surface area contributed by atoms with Gasteiger partial charge in [-0.25, -0.2) is 0 Å². The molecule has 0 rings (SSSR count). The second kappa shape index (κ2) is 29.3. The molecule has 0 amide bonds. The van der Waals surface area contributed by atoms with Gasteiger partial charge in [-0.3, -0.25) is 0 Å². The molecular formula is H3Al2O9PSi3. The minimum Gasteiger partial charge on any atom is -0.672 e. The molecule has 0 aliphatic carbocycles. The number of hydrogen-bond acceptors (Lipinski definition) is 9. The summed E-state index contributed by atoms with van der Waals surface area (Å²) in [4.78, 5) is 51.1. The zero-order chi connectivity index (χ0) is 10.7. The van der Waals surface area contributed by atoms with E-state index in [-0.39, 0.29) is 44.6 Å².